The Morgan fingerprint density at radius 2 is 1.69 bits per heavy atom. The van der Waals surface area contributed by atoms with Gasteiger partial charge < -0.3 is 9.88 Å². The van der Waals surface area contributed by atoms with E-state index < -0.39 is 11.6 Å². The number of carbonyl (C=O) groups is 1. The molecule has 0 bridgehead atoms. The Kier molecular flexibility index (Phi) is 5.15. The number of aromatic nitrogens is 1. The summed E-state index contributed by atoms with van der Waals surface area (Å²) in [7, 11) is 0. The van der Waals surface area contributed by atoms with Crippen LogP contribution in [0.2, 0.25) is 0 Å². The molecule has 3 nitrogen and oxygen atoms in total. The summed E-state index contributed by atoms with van der Waals surface area (Å²) in [5, 5.41) is 2.84. The summed E-state index contributed by atoms with van der Waals surface area (Å²) < 4.78 is 42.7. The quantitative estimate of drug-likeness (QED) is 0.466. The molecule has 0 saturated heterocycles. The summed E-state index contributed by atoms with van der Waals surface area (Å²) in [5.74, 6) is -2.46. The normalized spacial score (nSPS) is 11.2. The molecule has 1 N–H and O–H groups in total. The molecule has 148 valence electrons. The first-order chi connectivity index (χ1) is 13.9. The van der Waals surface area contributed by atoms with Gasteiger partial charge in [0.05, 0.1) is 10.2 Å². The van der Waals surface area contributed by atoms with E-state index >= 15 is 0 Å². The second-order valence-electron chi connectivity index (χ2n) is 6.78. The van der Waals surface area contributed by atoms with Crippen molar-refractivity contribution in [2.45, 2.75) is 20.0 Å². The van der Waals surface area contributed by atoms with Gasteiger partial charge in [0.15, 0.2) is 11.6 Å². The van der Waals surface area contributed by atoms with Gasteiger partial charge >= 0.3 is 0 Å². The molecular weight excluding hydrogens is 397 g/mol. The fourth-order valence-electron chi connectivity index (χ4n) is 3.22. The fraction of sp³-hybridized carbons (Fsp3) is 0.136. The fourth-order valence-corrected chi connectivity index (χ4v) is 4.18. The molecule has 2 heterocycles. The molecule has 29 heavy (non-hydrogen) atoms. The summed E-state index contributed by atoms with van der Waals surface area (Å²) >= 11 is 1.56. The van der Waals surface area contributed by atoms with E-state index in [9.17, 15) is 18.0 Å². The van der Waals surface area contributed by atoms with Crippen molar-refractivity contribution < 1.29 is 18.0 Å². The minimum absolute atomic E-state index is 0.232. The Balaban J connectivity index is 1.63. The first kappa shape index (κ1) is 19.3. The smallest absolute Gasteiger partial charge is 0.268 e. The molecule has 2 aromatic carbocycles. The van der Waals surface area contributed by atoms with Crippen molar-refractivity contribution in [3.8, 4) is 0 Å². The minimum atomic E-state index is -0.922. The highest BCUT2D eigenvalue weighted by Crippen LogP contribution is 2.29. The number of amides is 1. The van der Waals surface area contributed by atoms with Gasteiger partial charge in [-0.05, 0) is 54.4 Å². The monoisotopic (exact) mass is 414 g/mol. The average Bonchev–Trinajstić information content (AvgIpc) is 3.21. The van der Waals surface area contributed by atoms with Gasteiger partial charge in [-0.1, -0.05) is 18.2 Å². The topological polar surface area (TPSA) is 34.0 Å². The van der Waals surface area contributed by atoms with E-state index in [0.717, 1.165) is 32.8 Å². The van der Waals surface area contributed by atoms with Crippen molar-refractivity contribution >= 4 is 27.5 Å². The Labute approximate surface area is 169 Å². The second kappa shape index (κ2) is 7.75. The number of thiophene rings is 1. The van der Waals surface area contributed by atoms with Crippen LogP contribution in [0.25, 0.3) is 10.2 Å². The molecule has 0 unspecified atom stereocenters. The number of nitrogens with one attached hydrogen (secondary N) is 1. The van der Waals surface area contributed by atoms with Crippen LogP contribution in [0.4, 0.5) is 13.2 Å². The van der Waals surface area contributed by atoms with Crippen molar-refractivity contribution in [1.82, 2.24) is 9.88 Å². The number of fused-ring (bicyclic) bond motifs is 1. The molecule has 0 saturated carbocycles. The maximum atomic E-state index is 13.6. The number of hydrogen-bond donors (Lipinski definition) is 1. The van der Waals surface area contributed by atoms with Crippen LogP contribution in [-0.2, 0) is 13.1 Å². The zero-order valence-electron chi connectivity index (χ0n) is 15.5. The standard InChI is InChI=1S/C22H17F3N2OS/c1-13-8-19-21(29-13)10-20(22(28)26-11-14-2-5-16(23)6-3-14)27(19)12-15-4-7-17(24)18(25)9-15/h2-10H,11-12H2,1H3,(H,26,28). The summed E-state index contributed by atoms with van der Waals surface area (Å²) in [5.41, 5.74) is 2.62. The summed E-state index contributed by atoms with van der Waals surface area (Å²) in [6, 6.07) is 13.4. The van der Waals surface area contributed by atoms with Gasteiger partial charge in [-0.15, -0.1) is 11.3 Å². The average molecular weight is 414 g/mol. The molecular formula is C22H17F3N2OS. The maximum Gasteiger partial charge on any atom is 0.268 e. The van der Waals surface area contributed by atoms with Crippen LogP contribution in [0.15, 0.2) is 54.6 Å². The van der Waals surface area contributed by atoms with Crippen LogP contribution in [0.3, 0.4) is 0 Å². The largest absolute Gasteiger partial charge is 0.347 e. The van der Waals surface area contributed by atoms with Crippen molar-refractivity contribution in [2.24, 2.45) is 0 Å². The SMILES string of the molecule is Cc1cc2c(cc(C(=O)NCc3ccc(F)cc3)n2Cc2ccc(F)c(F)c2)s1. The van der Waals surface area contributed by atoms with Gasteiger partial charge in [0, 0.05) is 18.0 Å². The van der Waals surface area contributed by atoms with E-state index in [4.69, 9.17) is 0 Å². The van der Waals surface area contributed by atoms with E-state index in [0.29, 0.717) is 11.3 Å². The van der Waals surface area contributed by atoms with Crippen LogP contribution in [0.1, 0.15) is 26.5 Å². The molecule has 4 rings (SSSR count). The maximum absolute atomic E-state index is 13.6. The Morgan fingerprint density at radius 3 is 2.41 bits per heavy atom. The highest BCUT2D eigenvalue weighted by atomic mass is 32.1. The van der Waals surface area contributed by atoms with Gasteiger partial charge in [-0.3, -0.25) is 4.79 Å². The van der Waals surface area contributed by atoms with Crippen molar-refractivity contribution in [2.75, 3.05) is 0 Å². The molecule has 0 aliphatic heterocycles. The number of nitrogens with zero attached hydrogens (tertiary/aromatic N) is 1. The van der Waals surface area contributed by atoms with E-state index in [1.807, 2.05) is 13.0 Å². The van der Waals surface area contributed by atoms with Crippen molar-refractivity contribution in [1.29, 1.82) is 0 Å². The molecule has 2 aromatic heterocycles. The number of halogens is 3. The third-order valence-electron chi connectivity index (χ3n) is 4.64. The Hall–Kier alpha value is -3.06. The van der Waals surface area contributed by atoms with Gasteiger partial charge in [0.2, 0.25) is 0 Å². The molecule has 0 radical (unpaired) electrons. The van der Waals surface area contributed by atoms with Crippen LogP contribution in [0.5, 0.6) is 0 Å². The molecule has 0 fully saturated rings. The minimum Gasteiger partial charge on any atom is -0.347 e. The lowest BCUT2D eigenvalue weighted by molar-refractivity contribution is 0.0942. The lowest BCUT2D eigenvalue weighted by Gasteiger charge is -2.11. The Morgan fingerprint density at radius 1 is 0.966 bits per heavy atom. The molecule has 0 spiro atoms. The predicted molar refractivity (Wildman–Crippen MR) is 108 cm³/mol. The van der Waals surface area contributed by atoms with Crippen LogP contribution < -0.4 is 5.32 Å². The number of benzene rings is 2. The Bertz CT molecular complexity index is 1190. The molecule has 4 aromatic rings. The van der Waals surface area contributed by atoms with Gasteiger partial charge in [0.25, 0.3) is 5.91 Å². The number of hydrogen-bond acceptors (Lipinski definition) is 2. The molecule has 0 atom stereocenters. The van der Waals surface area contributed by atoms with Gasteiger partial charge in [-0.2, -0.15) is 0 Å². The summed E-state index contributed by atoms with van der Waals surface area (Å²) in [6.45, 7) is 2.46. The van der Waals surface area contributed by atoms with Crippen LogP contribution in [-0.4, -0.2) is 10.5 Å². The van der Waals surface area contributed by atoms with Gasteiger partial charge in [0.1, 0.15) is 11.5 Å². The first-order valence-corrected chi connectivity index (χ1v) is 9.78. The number of carbonyl (C=O) groups excluding carboxylic acids is 1. The van der Waals surface area contributed by atoms with Gasteiger partial charge in [-0.25, -0.2) is 13.2 Å². The highest BCUT2D eigenvalue weighted by Gasteiger charge is 2.18. The van der Waals surface area contributed by atoms with E-state index in [-0.39, 0.29) is 24.8 Å². The number of aryl methyl sites for hydroxylation is 1. The summed E-state index contributed by atoms with van der Waals surface area (Å²) in [4.78, 5) is 13.9. The van der Waals surface area contributed by atoms with Crippen molar-refractivity contribution in [3.63, 3.8) is 0 Å². The van der Waals surface area contributed by atoms with Crippen molar-refractivity contribution in [3.05, 3.63) is 93.7 Å². The van der Waals surface area contributed by atoms with E-state index in [2.05, 4.69) is 5.32 Å². The zero-order valence-corrected chi connectivity index (χ0v) is 16.3. The van der Waals surface area contributed by atoms with E-state index in [1.165, 1.54) is 18.2 Å². The third kappa shape index (κ3) is 4.05. The number of rotatable bonds is 5. The molecule has 0 aliphatic carbocycles. The summed E-state index contributed by atoms with van der Waals surface area (Å²) in [6.07, 6.45) is 0. The third-order valence-corrected chi connectivity index (χ3v) is 5.62. The second-order valence-corrected chi connectivity index (χ2v) is 8.07. The zero-order chi connectivity index (χ0) is 20.5. The molecule has 1 amide bonds. The molecule has 0 aliphatic rings. The van der Waals surface area contributed by atoms with E-state index in [1.54, 1.807) is 34.1 Å². The molecule has 7 heteroatoms. The highest BCUT2D eigenvalue weighted by molar-refractivity contribution is 7.19. The van der Waals surface area contributed by atoms with Crippen LogP contribution >= 0.6 is 11.3 Å². The lowest BCUT2D eigenvalue weighted by Crippen LogP contribution is -2.25. The lowest BCUT2D eigenvalue weighted by atomic mass is 10.2. The predicted octanol–water partition coefficient (Wildman–Crippen LogP) is 5.41. The van der Waals surface area contributed by atoms with Crippen LogP contribution in [0, 0.1) is 24.4 Å². The first-order valence-electron chi connectivity index (χ1n) is 8.97.